The van der Waals surface area contributed by atoms with Gasteiger partial charge in [-0.05, 0) is 42.2 Å². The van der Waals surface area contributed by atoms with Crippen LogP contribution in [0, 0.1) is 6.92 Å². The highest BCUT2D eigenvalue weighted by molar-refractivity contribution is 7.89. The fourth-order valence-electron chi connectivity index (χ4n) is 3.42. The van der Waals surface area contributed by atoms with E-state index < -0.39 is 10.0 Å². The summed E-state index contributed by atoms with van der Waals surface area (Å²) in [5.74, 6) is 0. The van der Waals surface area contributed by atoms with Crippen molar-refractivity contribution >= 4 is 10.0 Å². The van der Waals surface area contributed by atoms with E-state index in [9.17, 15) is 8.42 Å². The summed E-state index contributed by atoms with van der Waals surface area (Å²) in [5.41, 5.74) is 3.79. The van der Waals surface area contributed by atoms with Crippen molar-refractivity contribution in [3.05, 3.63) is 65.2 Å². The summed E-state index contributed by atoms with van der Waals surface area (Å²) < 4.78 is 27.4. The van der Waals surface area contributed by atoms with Crippen LogP contribution in [0.1, 0.15) is 30.0 Å². The summed E-state index contributed by atoms with van der Waals surface area (Å²) in [6, 6.07) is 15.8. The van der Waals surface area contributed by atoms with Crippen molar-refractivity contribution in [3.8, 4) is 0 Å². The zero-order valence-corrected chi connectivity index (χ0v) is 17.6. The number of hydrogen-bond acceptors (Lipinski definition) is 3. The molecule has 0 spiro atoms. The monoisotopic (exact) mass is 407 g/mol. The third-order valence-electron chi connectivity index (χ3n) is 5.09. The van der Waals surface area contributed by atoms with Crippen molar-refractivity contribution in [3.63, 3.8) is 0 Å². The molecule has 0 atom stereocenters. The van der Waals surface area contributed by atoms with Crippen LogP contribution in [0.4, 0.5) is 0 Å². The van der Waals surface area contributed by atoms with Crippen LogP contribution in [0.3, 0.4) is 0 Å². The van der Waals surface area contributed by atoms with Crippen molar-refractivity contribution in [2.24, 2.45) is 0 Å². The van der Waals surface area contributed by atoms with Gasteiger partial charge in [0.15, 0.2) is 0 Å². The Kier molecular flexibility index (Phi) is 7.86. The second-order valence-corrected chi connectivity index (χ2v) is 8.94. The van der Waals surface area contributed by atoms with E-state index in [0.29, 0.717) is 18.0 Å². The first-order valence-corrected chi connectivity index (χ1v) is 10.8. The Bertz CT molecular complexity index is 830. The van der Waals surface area contributed by atoms with Gasteiger partial charge in [0, 0.05) is 32.7 Å². The molecule has 6 heteroatoms. The van der Waals surface area contributed by atoms with Crippen LogP contribution in [-0.2, 0) is 23.0 Å². The topological polar surface area (TPSA) is 40.6 Å². The summed E-state index contributed by atoms with van der Waals surface area (Å²) in [6.45, 7) is 7.75. The summed E-state index contributed by atoms with van der Waals surface area (Å²) in [6.07, 6.45) is 2.05. The predicted molar refractivity (Wildman–Crippen MR) is 106 cm³/mol. The Morgan fingerprint density at radius 3 is 2.15 bits per heavy atom. The van der Waals surface area contributed by atoms with E-state index >= 15 is 0 Å². The third-order valence-corrected chi connectivity index (χ3v) is 7.00. The largest absolute Gasteiger partial charge is 1.00 e. The molecule has 0 aromatic heterocycles. The molecule has 1 fully saturated rings. The number of sulfonamides is 1. The summed E-state index contributed by atoms with van der Waals surface area (Å²) >= 11 is 0. The van der Waals surface area contributed by atoms with E-state index in [0.717, 1.165) is 32.5 Å². The molecule has 0 saturated carbocycles. The van der Waals surface area contributed by atoms with Gasteiger partial charge in [0.1, 0.15) is 0 Å². The minimum atomic E-state index is -3.39. The van der Waals surface area contributed by atoms with E-state index in [1.807, 2.05) is 12.1 Å². The zero-order chi connectivity index (χ0) is 18.6. The molecule has 0 radical (unpaired) electrons. The van der Waals surface area contributed by atoms with Gasteiger partial charge in [-0.15, -0.1) is 0 Å². The van der Waals surface area contributed by atoms with Gasteiger partial charge in [0.25, 0.3) is 0 Å². The second kappa shape index (κ2) is 9.69. The van der Waals surface area contributed by atoms with Gasteiger partial charge in [-0.1, -0.05) is 49.7 Å². The zero-order valence-electron chi connectivity index (χ0n) is 16.1. The molecule has 148 valence electrons. The van der Waals surface area contributed by atoms with Crippen molar-refractivity contribution in [1.29, 1.82) is 0 Å². The van der Waals surface area contributed by atoms with Crippen LogP contribution in [0.5, 0.6) is 0 Å². The Labute approximate surface area is 169 Å². The summed E-state index contributed by atoms with van der Waals surface area (Å²) in [7, 11) is -3.39. The maximum atomic E-state index is 12.9. The fourth-order valence-corrected chi connectivity index (χ4v) is 4.84. The molecule has 3 rings (SSSR count). The van der Waals surface area contributed by atoms with Crippen LogP contribution < -0.4 is 12.4 Å². The highest BCUT2D eigenvalue weighted by Gasteiger charge is 2.28. The molecule has 1 aliphatic heterocycles. The first kappa shape index (κ1) is 21.9. The van der Waals surface area contributed by atoms with E-state index in [1.54, 1.807) is 16.4 Å². The van der Waals surface area contributed by atoms with Gasteiger partial charge in [-0.2, -0.15) is 4.31 Å². The third kappa shape index (κ3) is 5.32. The number of nitrogens with zero attached hydrogens (tertiary/aromatic N) is 2. The molecular formula is C21H28ClN2O2S-. The fraction of sp³-hybridized carbons (Fsp3) is 0.429. The van der Waals surface area contributed by atoms with Gasteiger partial charge in [-0.25, -0.2) is 8.42 Å². The molecule has 27 heavy (non-hydrogen) atoms. The molecule has 1 saturated heterocycles. The average molecular weight is 408 g/mol. The van der Waals surface area contributed by atoms with Gasteiger partial charge >= 0.3 is 0 Å². The molecule has 4 nitrogen and oxygen atoms in total. The molecule has 0 aliphatic carbocycles. The summed E-state index contributed by atoms with van der Waals surface area (Å²) in [5, 5.41) is 0. The lowest BCUT2D eigenvalue weighted by Crippen LogP contribution is -3.00. The van der Waals surface area contributed by atoms with Crippen molar-refractivity contribution in [2.75, 3.05) is 26.2 Å². The van der Waals surface area contributed by atoms with Gasteiger partial charge in [0.2, 0.25) is 10.0 Å². The van der Waals surface area contributed by atoms with Crippen LogP contribution in [0.15, 0.2) is 53.4 Å². The lowest BCUT2D eigenvalue weighted by molar-refractivity contribution is -0.00000810. The molecule has 0 unspecified atom stereocenters. The molecular weight excluding hydrogens is 380 g/mol. The van der Waals surface area contributed by atoms with E-state index in [2.05, 4.69) is 43.0 Å². The predicted octanol–water partition coefficient (Wildman–Crippen LogP) is 0.458. The SMILES string of the molecule is CCCc1ccc(S(=O)(=O)N2CCN(Cc3ccccc3C)CC2)cc1.[Cl-]. The Morgan fingerprint density at radius 2 is 1.56 bits per heavy atom. The highest BCUT2D eigenvalue weighted by atomic mass is 35.5. The highest BCUT2D eigenvalue weighted by Crippen LogP contribution is 2.20. The van der Waals surface area contributed by atoms with Gasteiger partial charge in [0.05, 0.1) is 4.90 Å². The minimum absolute atomic E-state index is 0. The van der Waals surface area contributed by atoms with Gasteiger partial charge in [-0.3, -0.25) is 4.90 Å². The van der Waals surface area contributed by atoms with Crippen molar-refractivity contribution < 1.29 is 20.8 Å². The molecule has 2 aromatic carbocycles. The average Bonchev–Trinajstić information content (AvgIpc) is 2.65. The molecule has 1 aliphatic rings. The maximum absolute atomic E-state index is 12.9. The van der Waals surface area contributed by atoms with Crippen LogP contribution in [0.2, 0.25) is 0 Å². The first-order valence-electron chi connectivity index (χ1n) is 9.36. The number of halogens is 1. The maximum Gasteiger partial charge on any atom is 0.243 e. The van der Waals surface area contributed by atoms with Crippen LogP contribution >= 0.6 is 0 Å². The van der Waals surface area contributed by atoms with E-state index in [1.165, 1.54) is 16.7 Å². The normalized spacial score (nSPS) is 16.1. The molecule has 2 aromatic rings. The lowest BCUT2D eigenvalue weighted by atomic mass is 10.1. The molecule has 0 N–H and O–H groups in total. The summed E-state index contributed by atoms with van der Waals surface area (Å²) in [4.78, 5) is 2.74. The second-order valence-electron chi connectivity index (χ2n) is 7.00. The Balaban J connectivity index is 0.00000261. The molecule has 0 bridgehead atoms. The quantitative estimate of drug-likeness (QED) is 0.698. The van der Waals surface area contributed by atoms with E-state index in [4.69, 9.17) is 0 Å². The van der Waals surface area contributed by atoms with Crippen LogP contribution in [-0.4, -0.2) is 43.8 Å². The number of piperazine rings is 1. The van der Waals surface area contributed by atoms with Crippen molar-refractivity contribution in [2.45, 2.75) is 38.1 Å². The molecule has 0 amide bonds. The van der Waals surface area contributed by atoms with Crippen LogP contribution in [0.25, 0.3) is 0 Å². The van der Waals surface area contributed by atoms with E-state index in [-0.39, 0.29) is 12.4 Å². The molecule has 1 heterocycles. The van der Waals surface area contributed by atoms with Gasteiger partial charge < -0.3 is 12.4 Å². The number of aryl methyl sites for hydroxylation is 2. The number of hydrogen-bond donors (Lipinski definition) is 0. The Morgan fingerprint density at radius 1 is 0.926 bits per heavy atom. The Hall–Kier alpha value is -1.40. The van der Waals surface area contributed by atoms with Crippen molar-refractivity contribution in [1.82, 2.24) is 9.21 Å². The smallest absolute Gasteiger partial charge is 0.243 e. The lowest BCUT2D eigenvalue weighted by Gasteiger charge is -2.34. The standard InChI is InChI=1S/C21H28N2O2S.ClH/c1-3-6-19-9-11-21(12-10-19)26(24,25)23-15-13-22(14-16-23)17-20-8-5-4-7-18(20)2;/h4-5,7-12H,3,6,13-17H2,1-2H3;1H/p-1. The minimum Gasteiger partial charge on any atom is -1.00 e. The number of rotatable bonds is 6. The number of benzene rings is 2. The first-order chi connectivity index (χ1) is 12.5.